The minimum atomic E-state index is -3.20. The van der Waals surface area contributed by atoms with Gasteiger partial charge in [-0.05, 0) is 37.6 Å². The van der Waals surface area contributed by atoms with Crippen molar-refractivity contribution >= 4 is 9.84 Å². The van der Waals surface area contributed by atoms with Gasteiger partial charge in [-0.2, -0.15) is 4.98 Å². The maximum Gasteiger partial charge on any atom is 0.267 e. The fraction of sp³-hybridized carbons (Fsp3) is 0.429. The van der Waals surface area contributed by atoms with Crippen LogP contribution in [0.2, 0.25) is 0 Å². The molecule has 1 heterocycles. The lowest BCUT2D eigenvalue weighted by Crippen LogP contribution is -2.04. The Hall–Kier alpha value is -1.89. The number of hydrogen-bond donors (Lipinski definition) is 0. The van der Waals surface area contributed by atoms with E-state index in [4.69, 9.17) is 9.26 Å². The minimum Gasteiger partial charge on any atom is -0.481 e. The third-order valence-corrected chi connectivity index (χ3v) is 4.00. The van der Waals surface area contributed by atoms with Crippen LogP contribution in [0.5, 0.6) is 5.75 Å². The zero-order valence-corrected chi connectivity index (χ0v) is 13.1. The van der Waals surface area contributed by atoms with Crippen molar-refractivity contribution in [3.8, 4) is 5.75 Å². The standard InChI is InChI=1S/C14H18N2O4S/c1-4-5-13-15-14(20-16-13)10(2)19-11-6-8-12(9-7-11)21(3,17)18/h6-10H,4-5H2,1-3H3. The molecule has 0 spiro atoms. The summed E-state index contributed by atoms with van der Waals surface area (Å²) in [6, 6.07) is 6.23. The number of rotatable bonds is 6. The largest absolute Gasteiger partial charge is 0.481 e. The molecular formula is C14H18N2O4S. The van der Waals surface area contributed by atoms with Crippen molar-refractivity contribution in [3.63, 3.8) is 0 Å². The Morgan fingerprint density at radius 1 is 1.29 bits per heavy atom. The van der Waals surface area contributed by atoms with Gasteiger partial charge in [0.15, 0.2) is 21.8 Å². The molecule has 1 atom stereocenters. The van der Waals surface area contributed by atoms with Crippen molar-refractivity contribution in [1.29, 1.82) is 0 Å². The smallest absolute Gasteiger partial charge is 0.267 e. The highest BCUT2D eigenvalue weighted by Crippen LogP contribution is 2.22. The van der Waals surface area contributed by atoms with E-state index in [-0.39, 0.29) is 4.90 Å². The maximum atomic E-state index is 11.4. The molecule has 21 heavy (non-hydrogen) atoms. The van der Waals surface area contributed by atoms with Gasteiger partial charge in [-0.15, -0.1) is 0 Å². The summed E-state index contributed by atoms with van der Waals surface area (Å²) >= 11 is 0. The number of aryl methyl sites for hydroxylation is 1. The second-order valence-electron chi connectivity index (χ2n) is 4.80. The van der Waals surface area contributed by atoms with Gasteiger partial charge in [0.25, 0.3) is 5.89 Å². The molecule has 0 bridgehead atoms. The Labute approximate surface area is 124 Å². The van der Waals surface area contributed by atoms with E-state index in [1.165, 1.54) is 18.4 Å². The van der Waals surface area contributed by atoms with Crippen LogP contribution in [0.3, 0.4) is 0 Å². The summed E-state index contributed by atoms with van der Waals surface area (Å²) in [4.78, 5) is 4.51. The van der Waals surface area contributed by atoms with E-state index in [9.17, 15) is 8.42 Å². The highest BCUT2D eigenvalue weighted by molar-refractivity contribution is 7.90. The van der Waals surface area contributed by atoms with Crippen molar-refractivity contribution in [2.24, 2.45) is 0 Å². The Morgan fingerprint density at radius 2 is 1.95 bits per heavy atom. The summed E-state index contributed by atoms with van der Waals surface area (Å²) in [5.41, 5.74) is 0. The first-order valence-corrected chi connectivity index (χ1v) is 8.58. The van der Waals surface area contributed by atoms with Gasteiger partial charge in [0, 0.05) is 12.7 Å². The molecule has 2 aromatic rings. The van der Waals surface area contributed by atoms with Gasteiger partial charge in [0.2, 0.25) is 0 Å². The number of ether oxygens (including phenoxy) is 1. The molecule has 0 fully saturated rings. The van der Waals surface area contributed by atoms with Crippen LogP contribution < -0.4 is 4.74 Å². The molecular weight excluding hydrogens is 292 g/mol. The van der Waals surface area contributed by atoms with Crippen LogP contribution in [-0.2, 0) is 16.3 Å². The Bertz CT molecular complexity index is 692. The van der Waals surface area contributed by atoms with Crippen LogP contribution in [0, 0.1) is 0 Å². The van der Waals surface area contributed by atoms with Gasteiger partial charge in [0.1, 0.15) is 5.75 Å². The normalized spacial score (nSPS) is 13.1. The first kappa shape index (κ1) is 15.5. The zero-order valence-electron chi connectivity index (χ0n) is 12.2. The summed E-state index contributed by atoms with van der Waals surface area (Å²) < 4.78 is 33.6. The van der Waals surface area contributed by atoms with Gasteiger partial charge in [0.05, 0.1) is 4.90 Å². The van der Waals surface area contributed by atoms with Crippen LogP contribution in [0.15, 0.2) is 33.7 Å². The fourth-order valence-electron chi connectivity index (χ4n) is 1.78. The number of aromatic nitrogens is 2. The quantitative estimate of drug-likeness (QED) is 0.815. The van der Waals surface area contributed by atoms with Gasteiger partial charge in [-0.1, -0.05) is 12.1 Å². The molecule has 0 aliphatic rings. The highest BCUT2D eigenvalue weighted by atomic mass is 32.2. The molecule has 0 saturated heterocycles. The second-order valence-corrected chi connectivity index (χ2v) is 6.82. The van der Waals surface area contributed by atoms with Crippen molar-refractivity contribution in [3.05, 3.63) is 36.0 Å². The molecule has 0 radical (unpaired) electrons. The van der Waals surface area contributed by atoms with Crippen LogP contribution >= 0.6 is 0 Å². The Kier molecular flexibility index (Phi) is 4.62. The van der Waals surface area contributed by atoms with E-state index in [0.717, 1.165) is 12.8 Å². The lowest BCUT2D eigenvalue weighted by Gasteiger charge is -2.10. The maximum absolute atomic E-state index is 11.4. The molecule has 7 heteroatoms. The van der Waals surface area contributed by atoms with Gasteiger partial charge in [-0.25, -0.2) is 8.42 Å². The molecule has 0 N–H and O–H groups in total. The number of sulfone groups is 1. The topological polar surface area (TPSA) is 82.3 Å². The first-order valence-electron chi connectivity index (χ1n) is 6.69. The predicted octanol–water partition coefficient (Wildman–Crippen LogP) is 2.57. The molecule has 2 rings (SSSR count). The van der Waals surface area contributed by atoms with Gasteiger partial charge in [-0.3, -0.25) is 0 Å². The lowest BCUT2D eigenvalue weighted by molar-refractivity contribution is 0.175. The van der Waals surface area contributed by atoms with Crippen molar-refractivity contribution < 1.29 is 17.7 Å². The average Bonchev–Trinajstić information content (AvgIpc) is 2.87. The van der Waals surface area contributed by atoms with Crippen LogP contribution in [0.25, 0.3) is 0 Å². The summed E-state index contributed by atoms with van der Waals surface area (Å²) in [5, 5.41) is 3.87. The molecule has 0 saturated carbocycles. The van der Waals surface area contributed by atoms with Crippen molar-refractivity contribution in [2.45, 2.75) is 37.7 Å². The van der Waals surface area contributed by atoms with E-state index >= 15 is 0 Å². The van der Waals surface area contributed by atoms with Crippen LogP contribution in [0.1, 0.15) is 38.1 Å². The molecule has 1 aromatic heterocycles. The summed E-state index contributed by atoms with van der Waals surface area (Å²) in [6.07, 6.45) is 2.48. The number of hydrogen-bond acceptors (Lipinski definition) is 6. The molecule has 1 aromatic carbocycles. The minimum absolute atomic E-state index is 0.255. The van der Waals surface area contributed by atoms with Crippen molar-refractivity contribution in [2.75, 3.05) is 6.26 Å². The van der Waals surface area contributed by atoms with Crippen molar-refractivity contribution in [1.82, 2.24) is 10.1 Å². The molecule has 0 aliphatic heterocycles. The van der Waals surface area contributed by atoms with E-state index in [1.54, 1.807) is 19.1 Å². The predicted molar refractivity (Wildman–Crippen MR) is 76.9 cm³/mol. The third kappa shape index (κ3) is 4.04. The third-order valence-electron chi connectivity index (χ3n) is 2.87. The highest BCUT2D eigenvalue weighted by Gasteiger charge is 2.16. The van der Waals surface area contributed by atoms with E-state index in [2.05, 4.69) is 10.1 Å². The second kappa shape index (κ2) is 6.26. The lowest BCUT2D eigenvalue weighted by atomic mass is 10.3. The fourth-order valence-corrected chi connectivity index (χ4v) is 2.41. The van der Waals surface area contributed by atoms with Gasteiger partial charge < -0.3 is 9.26 Å². The first-order chi connectivity index (χ1) is 9.90. The van der Waals surface area contributed by atoms with Crippen LogP contribution in [0.4, 0.5) is 0 Å². The Balaban J connectivity index is 2.06. The van der Waals surface area contributed by atoms with Crippen LogP contribution in [-0.4, -0.2) is 24.8 Å². The summed E-state index contributed by atoms with van der Waals surface area (Å²) in [5.74, 6) is 1.62. The van der Waals surface area contributed by atoms with Gasteiger partial charge >= 0.3 is 0 Å². The SMILES string of the molecule is CCCc1noc(C(C)Oc2ccc(S(C)(=O)=O)cc2)n1. The zero-order chi connectivity index (χ0) is 15.5. The number of nitrogens with zero attached hydrogens (tertiary/aromatic N) is 2. The van der Waals surface area contributed by atoms with E-state index in [0.29, 0.717) is 17.5 Å². The molecule has 114 valence electrons. The molecule has 0 aliphatic carbocycles. The summed E-state index contributed by atoms with van der Waals surface area (Å²) in [7, 11) is -3.20. The molecule has 0 amide bonds. The number of benzene rings is 1. The average molecular weight is 310 g/mol. The summed E-state index contributed by atoms with van der Waals surface area (Å²) in [6.45, 7) is 3.84. The monoisotopic (exact) mass is 310 g/mol. The molecule has 1 unspecified atom stereocenters. The molecule has 6 nitrogen and oxygen atoms in total. The van der Waals surface area contributed by atoms with E-state index in [1.807, 2.05) is 6.92 Å². The Morgan fingerprint density at radius 3 is 2.52 bits per heavy atom. The van der Waals surface area contributed by atoms with E-state index < -0.39 is 15.9 Å².